The summed E-state index contributed by atoms with van der Waals surface area (Å²) in [5.41, 5.74) is 0.844. The van der Waals surface area contributed by atoms with Crippen LogP contribution in [0.15, 0.2) is 30.3 Å². The first-order chi connectivity index (χ1) is 14.3. The van der Waals surface area contributed by atoms with Crippen molar-refractivity contribution in [2.45, 2.75) is 69.9 Å². The minimum Gasteiger partial charge on any atom is -0.444 e. The highest BCUT2D eigenvalue weighted by Gasteiger charge is 2.51. The summed E-state index contributed by atoms with van der Waals surface area (Å²) in [7, 11) is 0. The number of nitriles is 1. The Morgan fingerprint density at radius 2 is 1.87 bits per heavy atom. The monoisotopic (exact) mass is 409 g/mol. The fourth-order valence-corrected chi connectivity index (χ4v) is 5.38. The molecule has 1 aromatic carbocycles. The highest BCUT2D eigenvalue weighted by atomic mass is 16.6. The van der Waals surface area contributed by atoms with E-state index in [1.165, 1.54) is 31.2 Å². The van der Waals surface area contributed by atoms with Gasteiger partial charge in [-0.15, -0.1) is 0 Å². The Labute approximate surface area is 181 Å². The number of hydrogen-bond donors (Lipinski definition) is 0. The first-order valence-electron chi connectivity index (χ1n) is 11.4. The Kier molecular flexibility index (Phi) is 5.81. The molecule has 162 valence electrons. The zero-order chi connectivity index (χ0) is 21.4. The summed E-state index contributed by atoms with van der Waals surface area (Å²) in [6, 6.07) is 13.3. The summed E-state index contributed by atoms with van der Waals surface area (Å²) < 4.78 is 5.50. The summed E-state index contributed by atoms with van der Waals surface area (Å²) in [4.78, 5) is 16.6. The van der Waals surface area contributed by atoms with Crippen molar-refractivity contribution in [1.82, 2.24) is 9.80 Å². The average Bonchev–Trinajstić information content (AvgIpc) is 3.43. The van der Waals surface area contributed by atoms with Gasteiger partial charge in [0.15, 0.2) is 0 Å². The van der Waals surface area contributed by atoms with E-state index in [9.17, 15) is 10.1 Å². The third-order valence-corrected chi connectivity index (χ3v) is 7.10. The Morgan fingerprint density at radius 1 is 1.20 bits per heavy atom. The minimum atomic E-state index is -0.483. The largest absolute Gasteiger partial charge is 0.444 e. The van der Waals surface area contributed by atoms with Gasteiger partial charge in [-0.2, -0.15) is 5.26 Å². The van der Waals surface area contributed by atoms with Gasteiger partial charge in [-0.3, -0.25) is 4.90 Å². The number of hydrogen-bond acceptors (Lipinski definition) is 4. The van der Waals surface area contributed by atoms with E-state index in [1.807, 2.05) is 20.8 Å². The molecule has 3 fully saturated rings. The summed E-state index contributed by atoms with van der Waals surface area (Å²) in [6.07, 6.45) is 5.31. The first kappa shape index (κ1) is 21.2. The van der Waals surface area contributed by atoms with Crippen molar-refractivity contribution in [3.63, 3.8) is 0 Å². The fraction of sp³-hybridized carbons (Fsp3) is 0.680. The van der Waals surface area contributed by atoms with Crippen LogP contribution in [-0.2, 0) is 4.74 Å². The lowest BCUT2D eigenvalue weighted by Gasteiger charge is -2.56. The van der Waals surface area contributed by atoms with Crippen molar-refractivity contribution in [2.24, 2.45) is 11.8 Å². The van der Waals surface area contributed by atoms with E-state index in [0.717, 1.165) is 30.8 Å². The molecule has 1 saturated carbocycles. The van der Waals surface area contributed by atoms with Crippen LogP contribution in [0.1, 0.15) is 64.4 Å². The molecule has 5 heteroatoms. The SMILES string of the molecule is CC(C)(C)OC(=O)N1CC(CC#N)(N2CCC(CC3CC3c3ccccc3)CC2)C1. The van der Waals surface area contributed by atoms with Gasteiger partial charge in [-0.1, -0.05) is 30.3 Å². The highest BCUT2D eigenvalue weighted by Crippen LogP contribution is 2.52. The molecular weight excluding hydrogens is 374 g/mol. The molecule has 1 aliphatic carbocycles. The molecule has 1 aromatic rings. The number of likely N-dealkylation sites (tertiary alicyclic amines) is 2. The molecule has 2 unspecified atom stereocenters. The van der Waals surface area contributed by atoms with Crippen LogP contribution < -0.4 is 0 Å². The van der Waals surface area contributed by atoms with E-state index >= 15 is 0 Å². The molecule has 30 heavy (non-hydrogen) atoms. The molecule has 1 amide bonds. The molecular formula is C25H35N3O2. The van der Waals surface area contributed by atoms with Crippen molar-refractivity contribution in [1.29, 1.82) is 5.26 Å². The van der Waals surface area contributed by atoms with Crippen molar-refractivity contribution in [2.75, 3.05) is 26.2 Å². The second-order valence-corrected chi connectivity index (χ2v) is 10.6. The Balaban J connectivity index is 1.26. The smallest absolute Gasteiger partial charge is 0.410 e. The third-order valence-electron chi connectivity index (χ3n) is 7.10. The fourth-order valence-electron chi connectivity index (χ4n) is 5.38. The van der Waals surface area contributed by atoms with Crippen molar-refractivity contribution >= 4 is 6.09 Å². The Morgan fingerprint density at radius 3 is 2.47 bits per heavy atom. The number of rotatable bonds is 5. The molecule has 2 atom stereocenters. The molecule has 4 rings (SSSR count). The van der Waals surface area contributed by atoms with Crippen LogP contribution in [0, 0.1) is 23.2 Å². The van der Waals surface area contributed by atoms with E-state index in [4.69, 9.17) is 4.74 Å². The third kappa shape index (κ3) is 4.64. The summed E-state index contributed by atoms with van der Waals surface area (Å²) in [5.74, 6) is 2.41. The topological polar surface area (TPSA) is 56.6 Å². The highest BCUT2D eigenvalue weighted by molar-refractivity contribution is 5.70. The van der Waals surface area contributed by atoms with Crippen molar-refractivity contribution < 1.29 is 9.53 Å². The summed E-state index contributed by atoms with van der Waals surface area (Å²) >= 11 is 0. The van der Waals surface area contributed by atoms with Gasteiger partial charge in [-0.05, 0) is 82.9 Å². The van der Waals surface area contributed by atoms with E-state index in [0.29, 0.717) is 19.5 Å². The lowest BCUT2D eigenvalue weighted by molar-refractivity contribution is -0.0729. The molecule has 0 aromatic heterocycles. The lowest BCUT2D eigenvalue weighted by atomic mass is 9.81. The van der Waals surface area contributed by atoms with Gasteiger partial charge >= 0.3 is 6.09 Å². The standard InChI is InChI=1S/C25H35N3O2/c1-24(2,3)30-23(29)27-17-25(18-27,11-12-26)28-13-9-19(10-14-28)15-21-16-22(21)20-7-5-4-6-8-20/h4-8,19,21-22H,9-11,13-18H2,1-3H3. The number of carbonyl (C=O) groups is 1. The molecule has 2 saturated heterocycles. The van der Waals surface area contributed by atoms with Crippen molar-refractivity contribution in [3.8, 4) is 6.07 Å². The maximum atomic E-state index is 12.3. The zero-order valence-electron chi connectivity index (χ0n) is 18.6. The number of benzene rings is 1. The second-order valence-electron chi connectivity index (χ2n) is 10.6. The van der Waals surface area contributed by atoms with Gasteiger partial charge in [0.2, 0.25) is 0 Å². The lowest BCUT2D eigenvalue weighted by Crippen LogP contribution is -2.72. The molecule has 3 aliphatic rings. The van der Waals surface area contributed by atoms with Gasteiger partial charge in [0.05, 0.1) is 18.0 Å². The Bertz CT molecular complexity index is 781. The number of ether oxygens (including phenoxy) is 1. The number of carbonyl (C=O) groups excluding carboxylic acids is 1. The predicted octanol–water partition coefficient (Wildman–Crippen LogP) is 4.80. The second kappa shape index (κ2) is 8.23. The van der Waals surface area contributed by atoms with E-state index in [1.54, 1.807) is 4.90 Å². The maximum absolute atomic E-state index is 12.3. The molecule has 0 radical (unpaired) electrons. The Hall–Kier alpha value is -2.06. The molecule has 5 nitrogen and oxygen atoms in total. The van der Waals surface area contributed by atoms with Crippen LogP contribution in [0.2, 0.25) is 0 Å². The number of nitrogens with zero attached hydrogens (tertiary/aromatic N) is 3. The van der Waals surface area contributed by atoms with Crippen LogP contribution in [0.4, 0.5) is 4.79 Å². The van der Waals surface area contributed by atoms with Crippen molar-refractivity contribution in [3.05, 3.63) is 35.9 Å². The van der Waals surface area contributed by atoms with Gasteiger partial charge in [-0.25, -0.2) is 4.79 Å². The number of piperidine rings is 1. The van der Waals surface area contributed by atoms with Gasteiger partial charge in [0.25, 0.3) is 0 Å². The van der Waals surface area contributed by atoms with Gasteiger partial charge < -0.3 is 9.64 Å². The minimum absolute atomic E-state index is 0.178. The van der Waals surface area contributed by atoms with E-state index in [2.05, 4.69) is 41.3 Å². The van der Waals surface area contributed by atoms with Crippen LogP contribution >= 0.6 is 0 Å². The summed E-state index contributed by atoms with van der Waals surface area (Å²) in [5, 5.41) is 9.41. The molecule has 0 bridgehead atoms. The van der Waals surface area contributed by atoms with Crippen LogP contribution in [-0.4, -0.2) is 53.2 Å². The maximum Gasteiger partial charge on any atom is 0.410 e. The average molecular weight is 410 g/mol. The van der Waals surface area contributed by atoms with Gasteiger partial charge in [0, 0.05) is 13.1 Å². The molecule has 0 spiro atoms. The van der Waals surface area contributed by atoms with E-state index in [-0.39, 0.29) is 11.6 Å². The quantitative estimate of drug-likeness (QED) is 0.701. The summed E-state index contributed by atoms with van der Waals surface area (Å²) in [6.45, 7) is 8.97. The molecule has 0 N–H and O–H groups in total. The zero-order valence-corrected chi connectivity index (χ0v) is 18.6. The normalized spacial score (nSPS) is 26.5. The van der Waals surface area contributed by atoms with Crippen LogP contribution in [0.3, 0.4) is 0 Å². The van der Waals surface area contributed by atoms with E-state index < -0.39 is 5.60 Å². The molecule has 2 aliphatic heterocycles. The van der Waals surface area contributed by atoms with Crippen LogP contribution in [0.25, 0.3) is 0 Å². The molecule has 2 heterocycles. The number of amides is 1. The first-order valence-corrected chi connectivity index (χ1v) is 11.4. The predicted molar refractivity (Wildman–Crippen MR) is 117 cm³/mol. The van der Waals surface area contributed by atoms with Crippen LogP contribution in [0.5, 0.6) is 0 Å². The van der Waals surface area contributed by atoms with Gasteiger partial charge in [0.1, 0.15) is 5.60 Å².